The number of benzene rings is 2. The third-order valence-electron chi connectivity index (χ3n) is 6.42. The monoisotopic (exact) mass is 727 g/mol. The number of non-ortho nitro benzene ring substituents is 1. The van der Waals surface area contributed by atoms with E-state index in [4.69, 9.17) is 13.9 Å². The van der Waals surface area contributed by atoms with Crippen molar-refractivity contribution in [3.63, 3.8) is 0 Å². The van der Waals surface area contributed by atoms with E-state index in [9.17, 15) is 19.7 Å². The zero-order valence-electron chi connectivity index (χ0n) is 22.8. The fourth-order valence-corrected chi connectivity index (χ4v) is 7.08. The number of rotatable bonds is 9. The molecule has 0 N–H and O–H groups in total. The van der Waals surface area contributed by atoms with Crippen LogP contribution in [0.15, 0.2) is 95.6 Å². The lowest BCUT2D eigenvalue weighted by molar-refractivity contribution is -0.384. The van der Waals surface area contributed by atoms with Crippen LogP contribution >= 0.6 is 43.2 Å². The second-order valence-electron chi connectivity index (χ2n) is 9.23. The zero-order chi connectivity index (χ0) is 30.8. The number of fused-ring (bicyclic) bond motifs is 1. The Morgan fingerprint density at radius 3 is 2.65 bits per heavy atom. The standard InChI is InChI=1S/C30H23Br2N3O7S/c1-4-11-41-27-20(31)12-17(13-21(27)32)14-24-28(36)34-26(25(29(37)40-5-2)16(3)33-30(34)43-24)23-10-9-22(42-23)18-7-6-8-19(15-18)35(38)39/h4,6-10,12-15,26H,1,5,11H2,2-3H3/b24-14-/t26-/m1/s1. The largest absolute Gasteiger partial charge is 0.487 e. The number of hydrogen-bond acceptors (Lipinski definition) is 9. The van der Waals surface area contributed by atoms with Gasteiger partial charge in [0.2, 0.25) is 0 Å². The fraction of sp³-hybridized carbons (Fsp3) is 0.167. The molecule has 0 bridgehead atoms. The fourth-order valence-electron chi connectivity index (χ4n) is 4.58. The molecule has 10 nitrogen and oxygen atoms in total. The number of nitro groups is 1. The van der Waals surface area contributed by atoms with Gasteiger partial charge in [0.15, 0.2) is 4.80 Å². The summed E-state index contributed by atoms with van der Waals surface area (Å²) in [6.07, 6.45) is 3.37. The molecule has 1 atom stereocenters. The summed E-state index contributed by atoms with van der Waals surface area (Å²) < 4.78 is 20.4. The molecule has 0 radical (unpaired) electrons. The number of ether oxygens (including phenoxy) is 2. The number of hydrogen-bond donors (Lipinski definition) is 0. The highest BCUT2D eigenvalue weighted by molar-refractivity contribution is 9.11. The van der Waals surface area contributed by atoms with Crippen LogP contribution in [0.4, 0.5) is 5.69 Å². The van der Waals surface area contributed by atoms with Gasteiger partial charge in [0.05, 0.1) is 36.3 Å². The first-order valence-corrected chi connectivity index (χ1v) is 15.3. The van der Waals surface area contributed by atoms with E-state index in [0.29, 0.717) is 47.7 Å². The van der Waals surface area contributed by atoms with Crippen LogP contribution in [0.3, 0.4) is 0 Å². The summed E-state index contributed by atoms with van der Waals surface area (Å²) in [5, 5.41) is 11.3. The highest BCUT2D eigenvalue weighted by Crippen LogP contribution is 2.36. The zero-order valence-corrected chi connectivity index (χ0v) is 26.8. The number of aromatic nitrogens is 1. The molecule has 0 fully saturated rings. The normalized spacial score (nSPS) is 14.7. The third-order valence-corrected chi connectivity index (χ3v) is 8.58. The molecule has 13 heteroatoms. The molecule has 0 unspecified atom stereocenters. The minimum atomic E-state index is -0.974. The van der Waals surface area contributed by atoms with Gasteiger partial charge in [-0.15, -0.1) is 0 Å². The van der Waals surface area contributed by atoms with E-state index in [-0.39, 0.29) is 29.2 Å². The molecule has 220 valence electrons. The maximum atomic E-state index is 13.9. The van der Waals surface area contributed by atoms with E-state index in [1.807, 2.05) is 12.1 Å². The van der Waals surface area contributed by atoms with Gasteiger partial charge in [-0.05, 0) is 81.6 Å². The van der Waals surface area contributed by atoms with Crippen molar-refractivity contribution in [1.82, 2.24) is 4.57 Å². The van der Waals surface area contributed by atoms with Gasteiger partial charge in [-0.1, -0.05) is 36.1 Å². The number of carbonyl (C=O) groups is 1. The first-order valence-electron chi connectivity index (χ1n) is 12.9. The molecule has 0 spiro atoms. The van der Waals surface area contributed by atoms with Crippen LogP contribution in [0.1, 0.15) is 31.2 Å². The molecule has 0 amide bonds. The molecule has 0 saturated heterocycles. The van der Waals surface area contributed by atoms with E-state index in [1.54, 1.807) is 50.3 Å². The first kappa shape index (κ1) is 30.4. The van der Waals surface area contributed by atoms with E-state index in [1.165, 1.54) is 28.0 Å². The van der Waals surface area contributed by atoms with Gasteiger partial charge in [0, 0.05) is 17.7 Å². The Morgan fingerprint density at radius 2 is 1.98 bits per heavy atom. The Kier molecular flexibility index (Phi) is 8.95. The number of nitro benzene ring substituents is 1. The minimum Gasteiger partial charge on any atom is -0.487 e. The summed E-state index contributed by atoms with van der Waals surface area (Å²) >= 11 is 8.22. The van der Waals surface area contributed by atoms with Crippen molar-refractivity contribution < 1.29 is 23.6 Å². The third kappa shape index (κ3) is 6.05. The Bertz CT molecular complexity index is 1970. The summed E-state index contributed by atoms with van der Waals surface area (Å²) in [5.74, 6) is 0.595. The van der Waals surface area contributed by atoms with Crippen LogP contribution in [0.5, 0.6) is 5.75 Å². The van der Waals surface area contributed by atoms with Gasteiger partial charge in [-0.2, -0.15) is 0 Å². The lowest BCUT2D eigenvalue weighted by Crippen LogP contribution is -2.39. The minimum absolute atomic E-state index is 0.0926. The second-order valence-corrected chi connectivity index (χ2v) is 11.9. The SMILES string of the molecule is C=CCOc1c(Br)cc(/C=c2\sc3n(c2=O)[C@H](c2ccc(-c4cccc([N+](=O)[O-])c4)o2)C(C(=O)OCC)=C(C)N=3)cc1Br. The summed E-state index contributed by atoms with van der Waals surface area (Å²) in [4.78, 5) is 42.9. The molecule has 4 aromatic rings. The Morgan fingerprint density at radius 1 is 1.23 bits per heavy atom. The summed E-state index contributed by atoms with van der Waals surface area (Å²) in [7, 11) is 0. The molecule has 3 heterocycles. The van der Waals surface area contributed by atoms with Gasteiger partial charge in [-0.3, -0.25) is 19.5 Å². The molecular weight excluding hydrogens is 706 g/mol. The molecular formula is C30H23Br2N3O7S. The van der Waals surface area contributed by atoms with Crippen LogP contribution in [-0.4, -0.2) is 28.7 Å². The quantitative estimate of drug-likeness (QED) is 0.0889. The van der Waals surface area contributed by atoms with Crippen LogP contribution in [0.2, 0.25) is 0 Å². The lowest BCUT2D eigenvalue weighted by Gasteiger charge is -2.22. The van der Waals surface area contributed by atoms with Gasteiger partial charge in [0.25, 0.3) is 11.2 Å². The topological polar surface area (TPSA) is 126 Å². The smallest absolute Gasteiger partial charge is 0.338 e. The van der Waals surface area contributed by atoms with E-state index < -0.39 is 16.9 Å². The highest BCUT2D eigenvalue weighted by Gasteiger charge is 2.35. The van der Waals surface area contributed by atoms with Crippen LogP contribution in [0, 0.1) is 10.1 Å². The maximum Gasteiger partial charge on any atom is 0.338 e. The molecule has 0 saturated carbocycles. The molecule has 2 aromatic heterocycles. The van der Waals surface area contributed by atoms with Gasteiger partial charge >= 0.3 is 5.97 Å². The van der Waals surface area contributed by atoms with E-state index in [2.05, 4.69) is 43.4 Å². The molecule has 2 aromatic carbocycles. The van der Waals surface area contributed by atoms with E-state index >= 15 is 0 Å². The summed E-state index contributed by atoms with van der Waals surface area (Å²) in [5.41, 5.74) is 1.27. The number of esters is 1. The predicted octanol–water partition coefficient (Wildman–Crippen LogP) is 6.06. The van der Waals surface area contributed by atoms with Crippen molar-refractivity contribution >= 4 is 60.9 Å². The molecule has 5 rings (SSSR count). The molecule has 43 heavy (non-hydrogen) atoms. The average molecular weight is 729 g/mol. The summed E-state index contributed by atoms with van der Waals surface area (Å²) in [6.45, 7) is 7.48. The predicted molar refractivity (Wildman–Crippen MR) is 169 cm³/mol. The number of allylic oxidation sites excluding steroid dienone is 1. The number of furan rings is 1. The van der Waals surface area contributed by atoms with Crippen LogP contribution < -0.4 is 19.6 Å². The van der Waals surface area contributed by atoms with Crippen molar-refractivity contribution in [2.24, 2.45) is 4.99 Å². The van der Waals surface area contributed by atoms with Crippen molar-refractivity contribution in [2.45, 2.75) is 19.9 Å². The van der Waals surface area contributed by atoms with Crippen LogP contribution in [0.25, 0.3) is 17.4 Å². The molecule has 1 aliphatic rings. The van der Waals surface area contributed by atoms with Gasteiger partial charge < -0.3 is 13.9 Å². The Labute approximate surface area is 265 Å². The average Bonchev–Trinajstić information content (AvgIpc) is 3.57. The molecule has 1 aliphatic heterocycles. The first-order chi connectivity index (χ1) is 20.6. The maximum absolute atomic E-state index is 13.9. The number of carbonyl (C=O) groups excluding carboxylic acids is 1. The van der Waals surface area contributed by atoms with Crippen LogP contribution in [-0.2, 0) is 9.53 Å². The van der Waals surface area contributed by atoms with Crippen molar-refractivity contribution in [2.75, 3.05) is 13.2 Å². The van der Waals surface area contributed by atoms with Gasteiger partial charge in [-0.25, -0.2) is 9.79 Å². The number of nitrogens with zero attached hydrogens (tertiary/aromatic N) is 3. The molecule has 0 aliphatic carbocycles. The number of thiazole rings is 1. The summed E-state index contributed by atoms with van der Waals surface area (Å²) in [6, 6.07) is 12.0. The van der Waals surface area contributed by atoms with Crippen molar-refractivity contribution in [3.05, 3.63) is 123 Å². The van der Waals surface area contributed by atoms with Gasteiger partial charge in [0.1, 0.15) is 29.9 Å². The highest BCUT2D eigenvalue weighted by atomic mass is 79.9. The Hall–Kier alpha value is -4.07. The van der Waals surface area contributed by atoms with Crippen molar-refractivity contribution in [3.8, 4) is 17.1 Å². The van der Waals surface area contributed by atoms with Crippen molar-refractivity contribution in [1.29, 1.82) is 0 Å². The Balaban J connectivity index is 1.65. The number of halogens is 2. The van der Waals surface area contributed by atoms with E-state index in [0.717, 1.165) is 5.56 Å². The second kappa shape index (κ2) is 12.7. The lowest BCUT2D eigenvalue weighted by atomic mass is 10.0.